The molecule has 2 atom stereocenters. The molecule has 11 nitrogen and oxygen atoms in total. The second kappa shape index (κ2) is 13.7. The number of aromatic nitrogens is 5. The van der Waals surface area contributed by atoms with E-state index in [-0.39, 0.29) is 24.1 Å². The number of amides is 1. The Kier molecular flexibility index (Phi) is 10.1. The average molecular weight is 563 g/mol. The molecule has 0 saturated carbocycles. The van der Waals surface area contributed by atoms with Crippen LogP contribution in [0.15, 0.2) is 49.1 Å². The number of rotatable bonds is 13. The molecule has 0 aliphatic rings. The van der Waals surface area contributed by atoms with Crippen LogP contribution in [-0.4, -0.2) is 59.9 Å². The molecule has 0 radical (unpaired) electrons. The minimum Gasteiger partial charge on any atom is -0.321 e. The predicted octanol–water partition coefficient (Wildman–Crippen LogP) is 5.70. The Labute approximate surface area is 235 Å². The SMILES string of the molecule is CC[C@H](Cn1cnc2cc3c(NC(=O)c4ccccc4)ncnc3nc21)OP(OCCC#N)N(C(C)C)C(C)C. The van der Waals surface area contributed by atoms with E-state index >= 15 is 0 Å². The van der Waals surface area contributed by atoms with Gasteiger partial charge in [-0.2, -0.15) is 5.26 Å². The Hall–Kier alpha value is -3.55. The molecule has 0 saturated heterocycles. The third-order valence-corrected chi connectivity index (χ3v) is 8.40. The van der Waals surface area contributed by atoms with Crippen molar-refractivity contribution < 1.29 is 13.8 Å². The van der Waals surface area contributed by atoms with Crippen molar-refractivity contribution in [1.82, 2.24) is 29.2 Å². The van der Waals surface area contributed by atoms with Crippen LogP contribution in [0.25, 0.3) is 22.2 Å². The molecule has 3 heterocycles. The number of fused-ring (bicyclic) bond motifs is 2. The van der Waals surface area contributed by atoms with Gasteiger partial charge in [0.25, 0.3) is 14.4 Å². The first-order valence-corrected chi connectivity index (χ1v) is 14.5. The molecule has 12 heteroatoms. The van der Waals surface area contributed by atoms with Crippen molar-refractivity contribution in [3.8, 4) is 6.07 Å². The van der Waals surface area contributed by atoms with Crippen LogP contribution in [0.2, 0.25) is 0 Å². The lowest BCUT2D eigenvalue weighted by Gasteiger charge is -2.37. The van der Waals surface area contributed by atoms with Crippen molar-refractivity contribution in [2.75, 3.05) is 11.9 Å². The summed E-state index contributed by atoms with van der Waals surface area (Å²) in [7, 11) is -1.38. The van der Waals surface area contributed by atoms with Gasteiger partial charge in [0, 0.05) is 17.6 Å². The van der Waals surface area contributed by atoms with E-state index in [0.717, 1.165) is 6.42 Å². The van der Waals surface area contributed by atoms with Crippen LogP contribution in [0, 0.1) is 11.3 Å². The van der Waals surface area contributed by atoms with Gasteiger partial charge in [0.2, 0.25) is 0 Å². The lowest BCUT2D eigenvalue weighted by atomic mass is 10.2. The summed E-state index contributed by atoms with van der Waals surface area (Å²) in [5, 5.41) is 12.5. The second-order valence-electron chi connectivity index (χ2n) is 9.82. The fraction of sp³-hybridized carbons (Fsp3) is 0.429. The molecule has 4 rings (SSSR count). The number of nitriles is 1. The van der Waals surface area contributed by atoms with Crippen molar-refractivity contribution in [2.24, 2.45) is 0 Å². The highest BCUT2D eigenvalue weighted by atomic mass is 31.2. The minimum atomic E-state index is -1.38. The fourth-order valence-corrected chi connectivity index (χ4v) is 6.12. The van der Waals surface area contributed by atoms with Crippen LogP contribution in [0.3, 0.4) is 0 Å². The second-order valence-corrected chi connectivity index (χ2v) is 11.2. The van der Waals surface area contributed by atoms with Gasteiger partial charge < -0.3 is 18.9 Å². The Morgan fingerprint density at radius 2 is 1.90 bits per heavy atom. The summed E-state index contributed by atoms with van der Waals surface area (Å²) in [5.41, 5.74) is 2.30. The summed E-state index contributed by atoms with van der Waals surface area (Å²) in [5.74, 6) is 0.111. The zero-order valence-electron chi connectivity index (χ0n) is 23.5. The first kappa shape index (κ1) is 29.4. The van der Waals surface area contributed by atoms with Gasteiger partial charge in [0.05, 0.1) is 43.5 Å². The lowest BCUT2D eigenvalue weighted by Crippen LogP contribution is -2.35. The summed E-state index contributed by atoms with van der Waals surface area (Å²) in [6, 6.07) is 13.4. The standard InChI is InChI=1S/C28H35N8O3P/c1-6-22(39-40(38-14-10-13-29)36(19(2)3)20(4)5)16-35-18-32-24-15-23-25(33-27(24)35)30-17-31-26(23)34-28(37)21-11-8-7-9-12-21/h7-9,11-12,15,17-20,22H,6,10,14,16H2,1-5H3,(H,30,31,33,34,37)/t22-,40?/m1/s1. The molecule has 40 heavy (non-hydrogen) atoms. The Balaban J connectivity index is 1.58. The normalized spacial score (nSPS) is 13.3. The molecule has 0 aliphatic carbocycles. The molecular formula is C28H35N8O3P. The number of anilines is 1. The average Bonchev–Trinajstić information content (AvgIpc) is 3.33. The van der Waals surface area contributed by atoms with Gasteiger partial charge in [0.15, 0.2) is 11.3 Å². The molecule has 0 bridgehead atoms. The number of pyridine rings is 1. The van der Waals surface area contributed by atoms with E-state index in [1.54, 1.807) is 18.5 Å². The summed E-state index contributed by atoms with van der Waals surface area (Å²) in [6.07, 6.45) is 4.00. The van der Waals surface area contributed by atoms with Gasteiger partial charge in [-0.05, 0) is 52.3 Å². The number of nitrogens with one attached hydrogen (secondary N) is 1. The molecular weight excluding hydrogens is 527 g/mol. The zero-order valence-corrected chi connectivity index (χ0v) is 24.4. The van der Waals surface area contributed by atoms with E-state index in [4.69, 9.17) is 19.3 Å². The van der Waals surface area contributed by atoms with Crippen LogP contribution >= 0.6 is 8.53 Å². The third kappa shape index (κ3) is 6.95. The van der Waals surface area contributed by atoms with E-state index in [1.807, 2.05) is 28.8 Å². The summed E-state index contributed by atoms with van der Waals surface area (Å²) >= 11 is 0. The zero-order chi connectivity index (χ0) is 28.6. The van der Waals surface area contributed by atoms with E-state index < -0.39 is 8.53 Å². The molecule has 0 aliphatic heterocycles. The van der Waals surface area contributed by atoms with Crippen LogP contribution in [0.5, 0.6) is 0 Å². The number of imidazole rings is 1. The predicted molar refractivity (Wildman–Crippen MR) is 155 cm³/mol. The number of hydrogen-bond acceptors (Lipinski definition) is 9. The Morgan fingerprint density at radius 3 is 2.58 bits per heavy atom. The Morgan fingerprint density at radius 1 is 1.15 bits per heavy atom. The van der Waals surface area contributed by atoms with E-state index in [9.17, 15) is 4.79 Å². The highest BCUT2D eigenvalue weighted by molar-refractivity contribution is 7.44. The summed E-state index contributed by atoms with van der Waals surface area (Å²) < 4.78 is 16.8. The maximum atomic E-state index is 12.7. The molecule has 0 spiro atoms. The van der Waals surface area contributed by atoms with Crippen molar-refractivity contribution in [3.63, 3.8) is 0 Å². The highest BCUT2D eigenvalue weighted by Gasteiger charge is 2.30. The molecule has 0 fully saturated rings. The van der Waals surface area contributed by atoms with Crippen LogP contribution in [-0.2, 0) is 15.6 Å². The maximum absolute atomic E-state index is 12.7. The van der Waals surface area contributed by atoms with Crippen molar-refractivity contribution in [1.29, 1.82) is 5.26 Å². The molecule has 4 aromatic rings. The molecule has 1 amide bonds. The van der Waals surface area contributed by atoms with Gasteiger partial charge in [0.1, 0.15) is 17.7 Å². The number of carbonyl (C=O) groups excluding carboxylic acids is 1. The van der Waals surface area contributed by atoms with Gasteiger partial charge in [-0.25, -0.2) is 24.6 Å². The van der Waals surface area contributed by atoms with E-state index in [1.165, 1.54) is 6.33 Å². The number of hydrogen-bond donors (Lipinski definition) is 1. The van der Waals surface area contributed by atoms with Gasteiger partial charge in [-0.15, -0.1) is 0 Å². The van der Waals surface area contributed by atoms with Crippen molar-refractivity contribution in [3.05, 3.63) is 54.6 Å². The number of benzene rings is 1. The molecule has 3 aromatic heterocycles. The maximum Gasteiger partial charge on any atom is 0.259 e. The highest BCUT2D eigenvalue weighted by Crippen LogP contribution is 2.47. The molecule has 1 aromatic carbocycles. The largest absolute Gasteiger partial charge is 0.321 e. The first-order chi connectivity index (χ1) is 19.3. The quantitative estimate of drug-likeness (QED) is 0.161. The molecule has 1 unspecified atom stereocenters. The van der Waals surface area contributed by atoms with Gasteiger partial charge >= 0.3 is 0 Å². The van der Waals surface area contributed by atoms with Gasteiger partial charge in [-0.1, -0.05) is 25.1 Å². The number of nitrogens with zero attached hydrogens (tertiary/aromatic N) is 7. The molecule has 210 valence electrons. The van der Waals surface area contributed by atoms with E-state index in [2.05, 4.69) is 65.6 Å². The summed E-state index contributed by atoms with van der Waals surface area (Å²) in [4.78, 5) is 30.7. The minimum absolute atomic E-state index is 0.172. The first-order valence-electron chi connectivity index (χ1n) is 13.4. The van der Waals surface area contributed by atoms with Crippen molar-refractivity contribution >= 4 is 42.4 Å². The van der Waals surface area contributed by atoms with E-state index in [0.29, 0.717) is 53.2 Å². The monoisotopic (exact) mass is 562 g/mol. The fourth-order valence-electron chi connectivity index (χ4n) is 4.34. The van der Waals surface area contributed by atoms with Crippen LogP contribution < -0.4 is 5.32 Å². The summed E-state index contributed by atoms with van der Waals surface area (Å²) in [6.45, 7) is 11.4. The molecule has 1 N–H and O–H groups in total. The third-order valence-electron chi connectivity index (χ3n) is 6.22. The van der Waals surface area contributed by atoms with Gasteiger partial charge in [-0.3, -0.25) is 4.79 Å². The smallest absolute Gasteiger partial charge is 0.259 e. The van der Waals surface area contributed by atoms with Crippen LogP contribution in [0.1, 0.15) is 57.8 Å². The lowest BCUT2D eigenvalue weighted by molar-refractivity contribution is 0.102. The number of carbonyl (C=O) groups is 1. The topological polar surface area (TPSA) is 131 Å². The van der Waals surface area contributed by atoms with Crippen molar-refractivity contribution in [2.45, 2.75) is 72.2 Å². The Bertz CT molecular complexity index is 1460. The van der Waals surface area contributed by atoms with Crippen LogP contribution in [0.4, 0.5) is 5.82 Å².